The summed E-state index contributed by atoms with van der Waals surface area (Å²) in [7, 11) is -3.57. The second kappa shape index (κ2) is 14.5. The van der Waals surface area contributed by atoms with Crippen molar-refractivity contribution < 1.29 is 12.6 Å². The molecule has 0 spiro atoms. The number of benzene rings is 1. The zero-order valence-electron chi connectivity index (χ0n) is 13.8. The van der Waals surface area contributed by atoms with Crippen LogP contribution in [0.25, 0.3) is 0 Å². The molecule has 3 nitrogen and oxygen atoms in total. The van der Waals surface area contributed by atoms with Gasteiger partial charge >= 0.3 is 29.6 Å². The fourth-order valence-electron chi connectivity index (χ4n) is 2.41. The van der Waals surface area contributed by atoms with E-state index in [4.69, 9.17) is 4.18 Å². The van der Waals surface area contributed by atoms with Gasteiger partial charge in [0, 0.05) is 0 Å². The van der Waals surface area contributed by atoms with E-state index >= 15 is 0 Å². The Bertz CT molecular complexity index is 474. The molecule has 128 valence electrons. The van der Waals surface area contributed by atoms with Gasteiger partial charge in [0.05, 0.1) is 11.5 Å². The molecule has 0 N–H and O–H groups in total. The molecule has 0 saturated carbocycles. The molecule has 0 aromatic heterocycles. The van der Waals surface area contributed by atoms with Gasteiger partial charge in [-0.1, -0.05) is 82.9 Å². The summed E-state index contributed by atoms with van der Waals surface area (Å²) < 4.78 is 28.8. The van der Waals surface area contributed by atoms with Crippen LogP contribution in [0.4, 0.5) is 0 Å². The van der Waals surface area contributed by atoms with Crippen LogP contribution in [-0.4, -0.2) is 44.6 Å². The topological polar surface area (TPSA) is 43.4 Å². The predicted molar refractivity (Wildman–Crippen MR) is 98.6 cm³/mol. The molecule has 0 radical (unpaired) electrons. The second-order valence-electron chi connectivity index (χ2n) is 5.77. The summed E-state index contributed by atoms with van der Waals surface area (Å²) in [5.74, 6) is 0. The van der Waals surface area contributed by atoms with E-state index in [0.717, 1.165) is 12.8 Å². The standard InChI is InChI=1S/C18H30O3S.Na.H/c1-2-3-4-5-6-7-8-9-10-14-17-21-22(19,20)18-15-12-11-13-16-18;;/h11-13,15-16H,2-10,14,17H2,1H3;;. The summed E-state index contributed by atoms with van der Waals surface area (Å²) >= 11 is 0. The molecule has 0 saturated heterocycles. The van der Waals surface area contributed by atoms with Crippen LogP contribution >= 0.6 is 0 Å². The van der Waals surface area contributed by atoms with Gasteiger partial charge < -0.3 is 0 Å². The summed E-state index contributed by atoms with van der Waals surface area (Å²) in [6, 6.07) is 8.33. The third kappa shape index (κ3) is 11.3. The van der Waals surface area contributed by atoms with Gasteiger partial charge in [-0.05, 0) is 18.6 Å². The molecule has 0 aliphatic rings. The number of rotatable bonds is 13. The molecule has 1 rings (SSSR count). The van der Waals surface area contributed by atoms with Crippen LogP contribution in [0.5, 0.6) is 0 Å². The Kier molecular flexibility index (Phi) is 14.6. The van der Waals surface area contributed by atoms with Gasteiger partial charge in [0.15, 0.2) is 0 Å². The number of unbranched alkanes of at least 4 members (excludes halogenated alkanes) is 9. The molecule has 0 unspecified atom stereocenters. The molecule has 0 bridgehead atoms. The fraction of sp³-hybridized carbons (Fsp3) is 0.667. The molecule has 0 aliphatic heterocycles. The third-order valence-corrected chi connectivity index (χ3v) is 5.09. The van der Waals surface area contributed by atoms with Gasteiger partial charge in [-0.25, -0.2) is 0 Å². The molecule has 0 heterocycles. The molecule has 1 aromatic rings. The summed E-state index contributed by atoms with van der Waals surface area (Å²) in [6.45, 7) is 2.52. The third-order valence-electron chi connectivity index (χ3n) is 3.77. The van der Waals surface area contributed by atoms with E-state index < -0.39 is 10.1 Å². The first-order valence-corrected chi connectivity index (χ1v) is 10.0. The summed E-state index contributed by atoms with van der Waals surface area (Å²) in [6.07, 6.45) is 12.3. The molecular weight excluding hydrogens is 319 g/mol. The first-order valence-electron chi connectivity index (χ1n) is 8.61. The van der Waals surface area contributed by atoms with Crippen LogP contribution in [0.1, 0.15) is 71.1 Å². The van der Waals surface area contributed by atoms with Crippen LogP contribution < -0.4 is 0 Å². The van der Waals surface area contributed by atoms with E-state index in [-0.39, 0.29) is 41.1 Å². The SMILES string of the molecule is CCCCCCCCCCCCOS(=O)(=O)c1ccccc1.[NaH]. The van der Waals surface area contributed by atoms with Gasteiger partial charge in [-0.15, -0.1) is 0 Å². The molecule has 0 atom stereocenters. The zero-order valence-corrected chi connectivity index (χ0v) is 14.6. The van der Waals surface area contributed by atoms with Gasteiger partial charge in [0.2, 0.25) is 0 Å². The predicted octanol–water partition coefficient (Wildman–Crippen LogP) is 4.66. The van der Waals surface area contributed by atoms with E-state index in [1.54, 1.807) is 30.3 Å². The van der Waals surface area contributed by atoms with Crippen molar-refractivity contribution in [3.8, 4) is 0 Å². The van der Waals surface area contributed by atoms with Crippen molar-refractivity contribution in [1.82, 2.24) is 0 Å². The Hall–Kier alpha value is 0.130. The summed E-state index contributed by atoms with van der Waals surface area (Å²) in [5.41, 5.74) is 0. The fourth-order valence-corrected chi connectivity index (χ4v) is 3.38. The zero-order chi connectivity index (χ0) is 16.1. The van der Waals surface area contributed by atoms with Crippen molar-refractivity contribution in [2.45, 2.75) is 76.0 Å². The van der Waals surface area contributed by atoms with Crippen LogP contribution in [0.15, 0.2) is 35.2 Å². The van der Waals surface area contributed by atoms with Crippen molar-refractivity contribution in [3.05, 3.63) is 30.3 Å². The number of hydrogen-bond donors (Lipinski definition) is 0. The minimum atomic E-state index is -3.57. The van der Waals surface area contributed by atoms with E-state index in [9.17, 15) is 8.42 Å². The van der Waals surface area contributed by atoms with Gasteiger partial charge in [0.25, 0.3) is 10.1 Å². The summed E-state index contributed by atoms with van der Waals surface area (Å²) in [4.78, 5) is 0.238. The van der Waals surface area contributed by atoms with Gasteiger partial charge in [0.1, 0.15) is 0 Å². The van der Waals surface area contributed by atoms with Gasteiger partial charge in [-0.2, -0.15) is 8.42 Å². The van der Waals surface area contributed by atoms with E-state index in [2.05, 4.69) is 6.92 Å². The van der Waals surface area contributed by atoms with Crippen molar-refractivity contribution in [1.29, 1.82) is 0 Å². The quantitative estimate of drug-likeness (QED) is 0.295. The maximum atomic E-state index is 11.9. The molecule has 0 amide bonds. The van der Waals surface area contributed by atoms with Crippen molar-refractivity contribution in [2.24, 2.45) is 0 Å². The minimum absolute atomic E-state index is 0. The Labute approximate surface area is 164 Å². The Morgan fingerprint density at radius 3 is 1.78 bits per heavy atom. The Balaban J connectivity index is 0.00000484. The summed E-state index contributed by atoms with van der Waals surface area (Å²) in [5, 5.41) is 0. The Morgan fingerprint density at radius 2 is 1.26 bits per heavy atom. The van der Waals surface area contributed by atoms with Gasteiger partial charge in [-0.3, -0.25) is 4.18 Å². The second-order valence-corrected chi connectivity index (χ2v) is 7.39. The normalized spacial score (nSPS) is 11.2. The van der Waals surface area contributed by atoms with Crippen LogP contribution in [0, 0.1) is 0 Å². The molecular formula is C18H31NaO3S. The molecule has 0 fully saturated rings. The number of hydrogen-bond acceptors (Lipinski definition) is 3. The first-order chi connectivity index (χ1) is 10.7. The van der Waals surface area contributed by atoms with Crippen molar-refractivity contribution in [3.63, 3.8) is 0 Å². The molecule has 1 aromatic carbocycles. The average molecular weight is 350 g/mol. The van der Waals surface area contributed by atoms with Crippen molar-refractivity contribution >= 4 is 39.7 Å². The van der Waals surface area contributed by atoms with E-state index in [1.165, 1.54) is 51.4 Å². The van der Waals surface area contributed by atoms with Crippen molar-refractivity contribution in [2.75, 3.05) is 6.61 Å². The van der Waals surface area contributed by atoms with Crippen LogP contribution in [0.2, 0.25) is 0 Å². The maximum absolute atomic E-state index is 11.9. The van der Waals surface area contributed by atoms with E-state index in [0.29, 0.717) is 0 Å². The van der Waals surface area contributed by atoms with Crippen LogP contribution in [-0.2, 0) is 14.3 Å². The Morgan fingerprint density at radius 1 is 0.783 bits per heavy atom. The average Bonchev–Trinajstić information content (AvgIpc) is 2.53. The monoisotopic (exact) mass is 350 g/mol. The van der Waals surface area contributed by atoms with E-state index in [1.807, 2.05) is 0 Å². The first kappa shape index (κ1) is 23.1. The molecule has 5 heteroatoms. The molecule has 23 heavy (non-hydrogen) atoms. The van der Waals surface area contributed by atoms with Crippen LogP contribution in [0.3, 0.4) is 0 Å². The molecule has 0 aliphatic carbocycles.